The minimum atomic E-state index is -0.413. The van der Waals surface area contributed by atoms with Crippen LogP contribution in [0, 0.1) is 12.7 Å². The molecule has 0 bridgehead atoms. The number of carbonyl (C=O) groups is 2. The number of hydrogen-bond acceptors (Lipinski definition) is 5. The van der Waals surface area contributed by atoms with E-state index in [-0.39, 0.29) is 29.4 Å². The van der Waals surface area contributed by atoms with Gasteiger partial charge in [-0.2, -0.15) is 5.10 Å². The average Bonchev–Trinajstić information content (AvgIpc) is 3.26. The van der Waals surface area contributed by atoms with E-state index in [2.05, 4.69) is 43.2 Å². The lowest BCUT2D eigenvalue weighted by molar-refractivity contribution is -0.123. The smallest absolute Gasteiger partial charge is 0.240 e. The minimum absolute atomic E-state index is 0.176. The monoisotopic (exact) mass is 557 g/mol. The summed E-state index contributed by atoms with van der Waals surface area (Å²) in [6, 6.07) is 18.0. The molecule has 4 aromatic rings. The molecule has 2 aromatic heterocycles. The van der Waals surface area contributed by atoms with Crippen LogP contribution in [0.3, 0.4) is 0 Å². The number of pyridine rings is 1. The molecule has 0 radical (unpaired) electrons. The van der Waals surface area contributed by atoms with Crippen molar-refractivity contribution in [2.24, 2.45) is 0 Å². The van der Waals surface area contributed by atoms with Gasteiger partial charge in [0, 0.05) is 29.9 Å². The highest BCUT2D eigenvalue weighted by Crippen LogP contribution is 2.48. The molecule has 7 nitrogen and oxygen atoms in total. The summed E-state index contributed by atoms with van der Waals surface area (Å²) in [4.78, 5) is 32.6. The molecule has 1 aliphatic heterocycles. The Kier molecular flexibility index (Phi) is 7.76. The molecule has 9 heteroatoms. The number of amides is 2. The zero-order chi connectivity index (χ0) is 28.4. The minimum Gasteiger partial charge on any atom is -0.350 e. The SMILES string of the molecule is Cc1cccc(C2SCC(=O)N(CC(=O)NCc3cccnc3)c3c2c(C(C)(C)C)nn3-c2cccc(F)c2)c1. The van der Waals surface area contributed by atoms with E-state index < -0.39 is 11.2 Å². The summed E-state index contributed by atoms with van der Waals surface area (Å²) in [7, 11) is 0. The van der Waals surface area contributed by atoms with Crippen LogP contribution < -0.4 is 10.2 Å². The number of hydrogen-bond donors (Lipinski definition) is 1. The maximum Gasteiger partial charge on any atom is 0.240 e. The first-order valence-electron chi connectivity index (χ1n) is 13.2. The lowest BCUT2D eigenvalue weighted by atomic mass is 9.87. The Hall–Kier alpha value is -3.98. The first-order valence-corrected chi connectivity index (χ1v) is 14.2. The van der Waals surface area contributed by atoms with Crippen molar-refractivity contribution in [1.82, 2.24) is 20.1 Å². The zero-order valence-electron chi connectivity index (χ0n) is 23.0. The molecule has 0 aliphatic carbocycles. The van der Waals surface area contributed by atoms with Crippen LogP contribution in [0.5, 0.6) is 0 Å². The molecule has 1 aliphatic rings. The van der Waals surface area contributed by atoms with Gasteiger partial charge in [0.15, 0.2) is 0 Å². The number of rotatable bonds is 6. The van der Waals surface area contributed by atoms with Crippen molar-refractivity contribution in [3.8, 4) is 5.69 Å². The normalized spacial score (nSPS) is 15.5. The summed E-state index contributed by atoms with van der Waals surface area (Å²) < 4.78 is 16.1. The Balaban J connectivity index is 1.66. The molecule has 1 unspecified atom stereocenters. The maximum atomic E-state index is 14.4. The van der Waals surface area contributed by atoms with E-state index in [0.717, 1.165) is 27.9 Å². The summed E-state index contributed by atoms with van der Waals surface area (Å²) in [5, 5.41) is 7.70. The van der Waals surface area contributed by atoms with E-state index in [9.17, 15) is 14.0 Å². The second-order valence-electron chi connectivity index (χ2n) is 11.0. The second-order valence-corrected chi connectivity index (χ2v) is 12.0. The number of halogens is 1. The van der Waals surface area contributed by atoms with E-state index in [0.29, 0.717) is 18.1 Å². The van der Waals surface area contributed by atoms with Crippen LogP contribution in [0.4, 0.5) is 10.2 Å². The van der Waals surface area contributed by atoms with Gasteiger partial charge in [-0.3, -0.25) is 19.5 Å². The van der Waals surface area contributed by atoms with Gasteiger partial charge in [-0.1, -0.05) is 62.7 Å². The van der Waals surface area contributed by atoms with Crippen molar-refractivity contribution in [2.45, 2.75) is 44.9 Å². The Morgan fingerprint density at radius 1 is 1.12 bits per heavy atom. The van der Waals surface area contributed by atoms with Gasteiger partial charge >= 0.3 is 0 Å². The van der Waals surface area contributed by atoms with Crippen molar-refractivity contribution in [3.63, 3.8) is 0 Å². The summed E-state index contributed by atoms with van der Waals surface area (Å²) in [5.41, 5.74) is 4.75. The van der Waals surface area contributed by atoms with Gasteiger partial charge in [-0.05, 0) is 42.3 Å². The lowest BCUT2D eigenvalue weighted by Gasteiger charge is -2.24. The van der Waals surface area contributed by atoms with Gasteiger partial charge in [0.05, 0.1) is 22.4 Å². The fourth-order valence-corrected chi connectivity index (χ4v) is 6.05. The van der Waals surface area contributed by atoms with E-state index >= 15 is 0 Å². The number of carbonyl (C=O) groups excluding carboxylic acids is 2. The van der Waals surface area contributed by atoms with E-state index in [1.807, 2.05) is 25.1 Å². The third kappa shape index (κ3) is 5.79. The van der Waals surface area contributed by atoms with Gasteiger partial charge < -0.3 is 5.32 Å². The molecule has 0 spiro atoms. The molecule has 1 atom stereocenters. The Labute approximate surface area is 237 Å². The molecule has 0 saturated carbocycles. The number of benzene rings is 2. The third-order valence-corrected chi connectivity index (χ3v) is 7.97. The van der Waals surface area contributed by atoms with Gasteiger partial charge in [0.2, 0.25) is 11.8 Å². The maximum absolute atomic E-state index is 14.4. The standard InChI is InChI=1S/C31H32FN5O2S/c1-20-8-5-10-22(14-20)28-27-29(31(2,3)4)35-37(24-12-6-11-23(32)15-24)30(27)36(26(39)19-40-28)18-25(38)34-17-21-9-7-13-33-16-21/h5-16,28H,17-19H2,1-4H3,(H,34,38). The zero-order valence-corrected chi connectivity index (χ0v) is 23.8. The number of aromatic nitrogens is 3. The Morgan fingerprint density at radius 3 is 2.62 bits per heavy atom. The van der Waals surface area contributed by atoms with E-state index in [4.69, 9.17) is 5.10 Å². The fraction of sp³-hybridized carbons (Fsp3) is 0.290. The Morgan fingerprint density at radius 2 is 1.93 bits per heavy atom. The molecular formula is C31H32FN5O2S. The highest BCUT2D eigenvalue weighted by atomic mass is 32.2. The van der Waals surface area contributed by atoms with Crippen LogP contribution in [0.2, 0.25) is 0 Å². The number of nitrogens with zero attached hydrogens (tertiary/aromatic N) is 4. The molecule has 1 N–H and O–H groups in total. The van der Waals surface area contributed by atoms with Crippen LogP contribution >= 0.6 is 11.8 Å². The highest BCUT2D eigenvalue weighted by Gasteiger charge is 2.40. The first-order chi connectivity index (χ1) is 19.1. The second kappa shape index (κ2) is 11.3. The quantitative estimate of drug-likeness (QED) is 0.339. The molecule has 0 saturated heterocycles. The van der Waals surface area contributed by atoms with Crippen molar-refractivity contribution < 1.29 is 14.0 Å². The molecule has 40 heavy (non-hydrogen) atoms. The predicted molar refractivity (Wildman–Crippen MR) is 156 cm³/mol. The van der Waals surface area contributed by atoms with Gasteiger partial charge in [-0.25, -0.2) is 9.07 Å². The largest absolute Gasteiger partial charge is 0.350 e. The Bertz CT molecular complexity index is 1550. The molecular weight excluding hydrogens is 525 g/mol. The van der Waals surface area contributed by atoms with Crippen molar-refractivity contribution in [2.75, 3.05) is 17.2 Å². The van der Waals surface area contributed by atoms with Crippen LogP contribution in [-0.2, 0) is 21.5 Å². The number of fused-ring (bicyclic) bond motifs is 1. The first kappa shape index (κ1) is 27.6. The molecule has 3 heterocycles. The third-order valence-electron chi connectivity index (χ3n) is 6.71. The molecule has 206 valence electrons. The lowest BCUT2D eigenvalue weighted by Crippen LogP contribution is -2.42. The summed E-state index contributed by atoms with van der Waals surface area (Å²) in [6.07, 6.45) is 3.36. The van der Waals surface area contributed by atoms with Gasteiger partial charge in [-0.15, -0.1) is 11.8 Å². The van der Waals surface area contributed by atoms with Gasteiger partial charge in [0.1, 0.15) is 18.2 Å². The summed E-state index contributed by atoms with van der Waals surface area (Å²) >= 11 is 1.52. The molecule has 2 amide bonds. The fourth-order valence-electron chi connectivity index (χ4n) is 4.86. The summed E-state index contributed by atoms with van der Waals surface area (Å²) in [5.74, 6) is -0.268. The average molecular weight is 558 g/mol. The number of nitrogens with one attached hydrogen (secondary N) is 1. The van der Waals surface area contributed by atoms with E-state index in [1.165, 1.54) is 28.8 Å². The molecule has 5 rings (SSSR count). The van der Waals surface area contributed by atoms with Crippen LogP contribution in [-0.4, -0.2) is 38.9 Å². The highest BCUT2D eigenvalue weighted by molar-refractivity contribution is 8.00. The number of thioether (sulfide) groups is 1. The van der Waals surface area contributed by atoms with Crippen LogP contribution in [0.1, 0.15) is 54.0 Å². The van der Waals surface area contributed by atoms with Gasteiger partial charge in [0.25, 0.3) is 0 Å². The van der Waals surface area contributed by atoms with Crippen LogP contribution in [0.15, 0.2) is 73.1 Å². The van der Waals surface area contributed by atoms with Crippen molar-refractivity contribution >= 4 is 29.4 Å². The predicted octanol–water partition coefficient (Wildman–Crippen LogP) is 5.50. The number of aryl methyl sites for hydroxylation is 1. The summed E-state index contributed by atoms with van der Waals surface area (Å²) in [6.45, 7) is 8.34. The van der Waals surface area contributed by atoms with E-state index in [1.54, 1.807) is 35.3 Å². The van der Waals surface area contributed by atoms with Crippen molar-refractivity contribution in [1.29, 1.82) is 0 Å². The molecule has 2 aromatic carbocycles. The molecule has 0 fully saturated rings. The van der Waals surface area contributed by atoms with Crippen molar-refractivity contribution in [3.05, 3.63) is 107 Å². The van der Waals surface area contributed by atoms with Crippen LogP contribution in [0.25, 0.3) is 5.69 Å². The number of anilines is 1. The topological polar surface area (TPSA) is 80.1 Å².